The summed E-state index contributed by atoms with van der Waals surface area (Å²) in [5.41, 5.74) is 12.1. The fourth-order valence-electron chi connectivity index (χ4n) is 3.47. The second kappa shape index (κ2) is 8.07. The lowest BCUT2D eigenvalue weighted by Gasteiger charge is -2.14. The Morgan fingerprint density at radius 2 is 1.93 bits per heavy atom. The lowest BCUT2D eigenvalue weighted by atomic mass is 9.92. The number of nitrogen functional groups attached to an aromatic ring is 1. The first-order valence-corrected chi connectivity index (χ1v) is 9.34. The number of rotatable bonds is 4. The van der Waals surface area contributed by atoms with Crippen LogP contribution in [0.15, 0.2) is 42.6 Å². The standard InChI is InChI=1S/C24H25N5/c1-15-5-6-17(19(9-15)12-25)10-18-7-8-20(26)11-21(18)23-14-29(4)16(2)22(13-28-3)24(23)27/h5-9,11,13-14,27-28H,2,10,26H2,1,3-4H3/b22-13-,27-24?. The third-order valence-electron chi connectivity index (χ3n) is 5.08. The van der Waals surface area contributed by atoms with Crippen molar-refractivity contribution in [2.24, 2.45) is 7.05 Å². The Labute approximate surface area is 170 Å². The second-order valence-corrected chi connectivity index (χ2v) is 7.19. The van der Waals surface area contributed by atoms with Gasteiger partial charge in [-0.1, -0.05) is 24.8 Å². The van der Waals surface area contributed by atoms with E-state index in [0.29, 0.717) is 23.0 Å². The van der Waals surface area contributed by atoms with Crippen LogP contribution in [0.5, 0.6) is 0 Å². The zero-order chi connectivity index (χ0) is 21.1. The number of aryl methyl sites for hydroxylation is 2. The highest BCUT2D eigenvalue weighted by molar-refractivity contribution is 5.71. The van der Waals surface area contributed by atoms with Crippen molar-refractivity contribution in [3.05, 3.63) is 80.8 Å². The van der Waals surface area contributed by atoms with E-state index in [-0.39, 0.29) is 0 Å². The average Bonchev–Trinajstić information content (AvgIpc) is 2.70. The maximum atomic E-state index is 9.54. The van der Waals surface area contributed by atoms with Crippen LogP contribution in [0, 0.1) is 23.7 Å². The summed E-state index contributed by atoms with van der Waals surface area (Å²) in [6.07, 6.45) is 4.28. The molecule has 0 atom stereocenters. The van der Waals surface area contributed by atoms with Gasteiger partial charge in [0.25, 0.3) is 0 Å². The van der Waals surface area contributed by atoms with Gasteiger partial charge >= 0.3 is 0 Å². The van der Waals surface area contributed by atoms with Crippen LogP contribution in [0.2, 0.25) is 0 Å². The number of hydrogen-bond donors (Lipinski definition) is 3. The third kappa shape index (κ3) is 3.92. The SMILES string of the molecule is C=c1/c(=C/NC)c(=N)c(-c2cc(N)ccc2Cc2ccc(C)cc2C#N)cn1C. The molecule has 0 bridgehead atoms. The van der Waals surface area contributed by atoms with Gasteiger partial charge in [0.15, 0.2) is 0 Å². The molecule has 2 aromatic carbocycles. The zero-order valence-corrected chi connectivity index (χ0v) is 17.0. The fourth-order valence-corrected chi connectivity index (χ4v) is 3.47. The predicted molar refractivity (Wildman–Crippen MR) is 118 cm³/mol. The topological polar surface area (TPSA) is 90.6 Å². The molecule has 3 aromatic rings. The Morgan fingerprint density at radius 1 is 1.21 bits per heavy atom. The van der Waals surface area contributed by atoms with E-state index in [9.17, 15) is 5.26 Å². The van der Waals surface area contributed by atoms with Gasteiger partial charge in [-0.05, 0) is 53.8 Å². The van der Waals surface area contributed by atoms with Crippen molar-refractivity contribution in [3.63, 3.8) is 0 Å². The van der Waals surface area contributed by atoms with Gasteiger partial charge in [0, 0.05) is 48.3 Å². The van der Waals surface area contributed by atoms with Crippen molar-refractivity contribution in [2.45, 2.75) is 13.3 Å². The lowest BCUT2D eigenvalue weighted by Crippen LogP contribution is -2.45. The average molecular weight is 383 g/mol. The number of nitrogens with zero attached hydrogens (tertiary/aromatic N) is 2. The first kappa shape index (κ1) is 20.0. The summed E-state index contributed by atoms with van der Waals surface area (Å²) in [6.45, 7) is 6.06. The Bertz CT molecular complexity index is 1290. The van der Waals surface area contributed by atoms with Crippen molar-refractivity contribution < 1.29 is 0 Å². The highest BCUT2D eigenvalue weighted by Gasteiger charge is 2.12. The van der Waals surface area contributed by atoms with Gasteiger partial charge in [0.2, 0.25) is 0 Å². The molecule has 0 fully saturated rings. The highest BCUT2D eigenvalue weighted by atomic mass is 14.9. The van der Waals surface area contributed by atoms with Crippen molar-refractivity contribution >= 4 is 18.5 Å². The summed E-state index contributed by atoms with van der Waals surface area (Å²) in [6, 6.07) is 13.9. The first-order chi connectivity index (χ1) is 13.8. The Balaban J connectivity index is 2.25. The van der Waals surface area contributed by atoms with E-state index in [0.717, 1.165) is 38.4 Å². The van der Waals surface area contributed by atoms with Crippen molar-refractivity contribution in [1.29, 1.82) is 10.7 Å². The Morgan fingerprint density at radius 3 is 2.62 bits per heavy atom. The van der Waals surface area contributed by atoms with E-state index in [2.05, 4.69) is 18.0 Å². The molecule has 5 heteroatoms. The van der Waals surface area contributed by atoms with Crippen LogP contribution in [0.1, 0.15) is 22.3 Å². The van der Waals surface area contributed by atoms with Crippen LogP contribution in [-0.2, 0) is 13.5 Å². The molecule has 0 aliphatic rings. The smallest absolute Gasteiger partial charge is 0.0994 e. The Hall–Kier alpha value is -3.78. The molecule has 5 nitrogen and oxygen atoms in total. The molecule has 0 radical (unpaired) electrons. The van der Waals surface area contributed by atoms with Gasteiger partial charge in [-0.3, -0.25) is 5.41 Å². The molecule has 3 rings (SSSR count). The van der Waals surface area contributed by atoms with Crippen LogP contribution >= 0.6 is 0 Å². The second-order valence-electron chi connectivity index (χ2n) is 7.19. The van der Waals surface area contributed by atoms with E-state index in [1.54, 1.807) is 13.2 Å². The molecule has 4 N–H and O–H groups in total. The largest absolute Gasteiger partial charge is 0.399 e. The summed E-state index contributed by atoms with van der Waals surface area (Å²) >= 11 is 0. The first-order valence-electron chi connectivity index (χ1n) is 9.34. The predicted octanol–water partition coefficient (Wildman–Crippen LogP) is 1.89. The molecule has 0 saturated carbocycles. The number of pyridine rings is 1. The van der Waals surface area contributed by atoms with Gasteiger partial charge < -0.3 is 15.6 Å². The number of aromatic nitrogens is 1. The highest BCUT2D eigenvalue weighted by Crippen LogP contribution is 2.26. The fraction of sp³-hybridized carbons (Fsp3) is 0.167. The van der Waals surface area contributed by atoms with E-state index in [4.69, 9.17) is 11.1 Å². The van der Waals surface area contributed by atoms with Crippen molar-refractivity contribution in [3.8, 4) is 17.2 Å². The van der Waals surface area contributed by atoms with Crippen LogP contribution < -0.4 is 27.0 Å². The molecule has 0 unspecified atom stereocenters. The zero-order valence-electron chi connectivity index (χ0n) is 17.0. The molecule has 1 heterocycles. The minimum Gasteiger partial charge on any atom is -0.399 e. The number of nitrogens with two attached hydrogens (primary N) is 1. The maximum Gasteiger partial charge on any atom is 0.0994 e. The van der Waals surface area contributed by atoms with Crippen molar-refractivity contribution in [1.82, 2.24) is 9.88 Å². The van der Waals surface area contributed by atoms with Crippen molar-refractivity contribution in [2.75, 3.05) is 12.8 Å². The minimum absolute atomic E-state index is 0.388. The van der Waals surface area contributed by atoms with Gasteiger partial charge in [0.05, 0.1) is 17.0 Å². The van der Waals surface area contributed by atoms with Crippen LogP contribution in [0.25, 0.3) is 23.9 Å². The molecular weight excluding hydrogens is 358 g/mol. The van der Waals surface area contributed by atoms with E-state index >= 15 is 0 Å². The number of nitrogens with one attached hydrogen (secondary N) is 2. The summed E-state index contributed by atoms with van der Waals surface area (Å²) < 4.78 is 1.91. The summed E-state index contributed by atoms with van der Waals surface area (Å²) in [5, 5.41) is 23.2. The molecule has 1 aromatic heterocycles. The van der Waals surface area contributed by atoms with Crippen LogP contribution in [-0.4, -0.2) is 11.6 Å². The van der Waals surface area contributed by atoms with Crippen LogP contribution in [0.4, 0.5) is 5.69 Å². The molecule has 0 aliphatic heterocycles. The maximum absolute atomic E-state index is 9.54. The van der Waals surface area contributed by atoms with E-state index in [1.165, 1.54) is 0 Å². The van der Waals surface area contributed by atoms with Crippen LogP contribution in [0.3, 0.4) is 0 Å². The summed E-state index contributed by atoms with van der Waals surface area (Å²) in [5.74, 6) is 0. The van der Waals surface area contributed by atoms with E-state index < -0.39 is 0 Å². The number of benzene rings is 2. The molecule has 0 spiro atoms. The van der Waals surface area contributed by atoms with Gasteiger partial charge in [-0.2, -0.15) is 5.26 Å². The minimum atomic E-state index is 0.388. The number of anilines is 1. The quantitative estimate of drug-likeness (QED) is 0.601. The normalized spacial score (nSPS) is 11.3. The molecule has 0 amide bonds. The van der Waals surface area contributed by atoms with Gasteiger partial charge in [-0.25, -0.2) is 0 Å². The summed E-state index contributed by atoms with van der Waals surface area (Å²) in [7, 11) is 3.72. The third-order valence-corrected chi connectivity index (χ3v) is 5.08. The van der Waals surface area contributed by atoms with E-state index in [1.807, 2.05) is 61.1 Å². The molecule has 0 aliphatic carbocycles. The monoisotopic (exact) mass is 383 g/mol. The van der Waals surface area contributed by atoms with Gasteiger partial charge in [0.1, 0.15) is 0 Å². The number of nitriles is 1. The summed E-state index contributed by atoms with van der Waals surface area (Å²) in [4.78, 5) is 0. The molecule has 146 valence electrons. The molecular formula is C24H25N5. The van der Waals surface area contributed by atoms with Gasteiger partial charge in [-0.15, -0.1) is 0 Å². The molecule has 29 heavy (non-hydrogen) atoms. The lowest BCUT2D eigenvalue weighted by molar-refractivity contribution is 0.848. The Kier molecular flexibility index (Phi) is 5.56. The molecule has 0 saturated heterocycles. The number of hydrogen-bond acceptors (Lipinski definition) is 4.